The molecule has 1 aromatic carbocycles. The fourth-order valence-electron chi connectivity index (χ4n) is 2.23. The van der Waals surface area contributed by atoms with Crippen molar-refractivity contribution in [1.82, 2.24) is 0 Å². The normalized spacial score (nSPS) is 13.9. The molecule has 2 aliphatic heterocycles. The van der Waals surface area contributed by atoms with E-state index in [1.54, 1.807) is 0 Å². The molecule has 10 heteroatoms. The SMILES string of the molecule is CC(=O)[O-].CC(=O)[O-].CC(C)(C)c1cc(C2=NCCO2)[c-]c(C2=NCCO2)c1.O.[Rh+3]. The number of hydrogen-bond acceptors (Lipinski definition) is 8. The molecule has 1 aromatic rings. The number of hydrogen-bond donors (Lipinski definition) is 0. The Morgan fingerprint density at radius 2 is 1.27 bits per heavy atom. The van der Waals surface area contributed by atoms with Crippen LogP contribution in [0.15, 0.2) is 22.1 Å². The molecule has 2 N–H and O–H groups in total. The number of benzene rings is 1. The quantitative estimate of drug-likeness (QED) is 0.368. The topological polar surface area (TPSA) is 155 Å². The summed E-state index contributed by atoms with van der Waals surface area (Å²) in [5.41, 5.74) is 3.03. The minimum atomic E-state index is -1.08. The average molecular weight is 510 g/mol. The maximum atomic E-state index is 8.89. The molecule has 2 aliphatic rings. The van der Waals surface area contributed by atoms with Crippen LogP contribution >= 0.6 is 0 Å². The average Bonchev–Trinajstić information content (AvgIpc) is 3.26. The Hall–Kier alpha value is -2.32. The molecule has 9 nitrogen and oxygen atoms in total. The zero-order chi connectivity index (χ0) is 21.3. The van der Waals surface area contributed by atoms with Crippen LogP contribution in [0.3, 0.4) is 0 Å². The number of rotatable bonds is 2. The molecule has 0 saturated heterocycles. The summed E-state index contributed by atoms with van der Waals surface area (Å²) in [5.74, 6) is -0.813. The van der Waals surface area contributed by atoms with E-state index in [0.717, 1.165) is 38.1 Å². The number of aliphatic imine (C=N–C) groups is 2. The summed E-state index contributed by atoms with van der Waals surface area (Å²) in [6.45, 7) is 11.2. The van der Waals surface area contributed by atoms with Gasteiger partial charge in [-0.25, -0.2) is 0 Å². The molecule has 0 radical (unpaired) electrons. The summed E-state index contributed by atoms with van der Waals surface area (Å²) in [6, 6.07) is 7.53. The largest absolute Gasteiger partial charge is 3.00 e. The zero-order valence-electron chi connectivity index (χ0n) is 17.7. The Labute approximate surface area is 189 Å². The van der Waals surface area contributed by atoms with E-state index in [2.05, 4.69) is 49.0 Å². The van der Waals surface area contributed by atoms with Crippen LogP contribution in [0.4, 0.5) is 0 Å². The van der Waals surface area contributed by atoms with Gasteiger partial charge in [-0.2, -0.15) is 0 Å². The van der Waals surface area contributed by atoms with Crippen molar-refractivity contribution in [3.05, 3.63) is 34.9 Å². The van der Waals surface area contributed by atoms with Crippen LogP contribution in [0.5, 0.6) is 0 Å². The van der Waals surface area contributed by atoms with E-state index >= 15 is 0 Å². The molecule has 0 aliphatic carbocycles. The van der Waals surface area contributed by atoms with E-state index in [1.165, 1.54) is 5.56 Å². The summed E-state index contributed by atoms with van der Waals surface area (Å²) in [7, 11) is 0. The van der Waals surface area contributed by atoms with Gasteiger partial charge < -0.3 is 34.8 Å². The van der Waals surface area contributed by atoms with Crippen molar-refractivity contribution in [2.75, 3.05) is 26.3 Å². The predicted octanol–water partition coefficient (Wildman–Crippen LogP) is -0.977. The molecule has 3 rings (SSSR count). The van der Waals surface area contributed by atoms with Gasteiger partial charge in [0, 0.05) is 11.9 Å². The van der Waals surface area contributed by atoms with E-state index in [0.29, 0.717) is 25.0 Å². The fraction of sp³-hybridized carbons (Fsp3) is 0.500. The number of nitrogens with zero attached hydrogens (tertiary/aromatic N) is 2. The maximum Gasteiger partial charge on any atom is 3.00 e. The first-order chi connectivity index (χ1) is 13.0. The molecule has 30 heavy (non-hydrogen) atoms. The number of aliphatic carboxylic acids is 2. The Morgan fingerprint density at radius 3 is 1.50 bits per heavy atom. The molecule has 0 fully saturated rings. The maximum absolute atomic E-state index is 8.89. The molecule has 0 amide bonds. The molecule has 0 spiro atoms. The third-order valence-electron chi connectivity index (χ3n) is 3.37. The number of ether oxygens (including phenoxy) is 2. The number of carbonyl (C=O) groups is 2. The Morgan fingerprint density at radius 1 is 0.933 bits per heavy atom. The summed E-state index contributed by atoms with van der Waals surface area (Å²) in [4.78, 5) is 26.5. The molecule has 168 valence electrons. The van der Waals surface area contributed by atoms with E-state index in [1.807, 2.05) is 0 Å². The second-order valence-corrected chi connectivity index (χ2v) is 7.00. The molecule has 0 saturated carbocycles. The van der Waals surface area contributed by atoms with Gasteiger partial charge in [0.1, 0.15) is 11.8 Å². The second-order valence-electron chi connectivity index (χ2n) is 7.00. The third kappa shape index (κ3) is 11.0. The Balaban J connectivity index is 0. The van der Waals surface area contributed by atoms with Crippen molar-refractivity contribution >= 4 is 23.7 Å². The van der Waals surface area contributed by atoms with Crippen LogP contribution in [-0.2, 0) is 44.0 Å². The summed E-state index contributed by atoms with van der Waals surface area (Å²) < 4.78 is 11.1. The van der Waals surface area contributed by atoms with E-state index in [-0.39, 0.29) is 30.4 Å². The summed E-state index contributed by atoms with van der Waals surface area (Å²) in [6.07, 6.45) is 0. The first kappa shape index (κ1) is 29.9. The van der Waals surface area contributed by atoms with Gasteiger partial charge in [0.15, 0.2) is 0 Å². The van der Waals surface area contributed by atoms with Gasteiger partial charge in [-0.05, 0) is 19.3 Å². The standard InChI is InChI=1S/C16H19N2O2.2C2H4O2.H2O.Rh/c1-16(2,3)13-9-11(14-17-4-6-19-14)8-12(10-13)15-18-5-7-20-15;2*1-2(3)4;;/h9-10H,4-7H2,1-3H3;2*1H3,(H,3,4);1H2;/q-1;;;;+3/p-2. The van der Waals surface area contributed by atoms with Crippen LogP contribution in [-0.4, -0.2) is 55.5 Å². The van der Waals surface area contributed by atoms with Crippen LogP contribution < -0.4 is 10.2 Å². The van der Waals surface area contributed by atoms with Gasteiger partial charge in [-0.1, -0.05) is 31.9 Å². The predicted molar refractivity (Wildman–Crippen MR) is 104 cm³/mol. The number of carboxylic acid groups (broad SMARTS) is 2. The van der Waals surface area contributed by atoms with Crippen LogP contribution in [0, 0.1) is 6.07 Å². The number of carbonyl (C=O) groups excluding carboxylic acids is 2. The van der Waals surface area contributed by atoms with Crippen molar-refractivity contribution in [2.24, 2.45) is 9.98 Å². The van der Waals surface area contributed by atoms with Gasteiger partial charge in [0.25, 0.3) is 0 Å². The van der Waals surface area contributed by atoms with Gasteiger partial charge in [-0.3, -0.25) is 9.98 Å². The van der Waals surface area contributed by atoms with Crippen LogP contribution in [0.25, 0.3) is 0 Å². The Bertz CT molecular complexity index is 709. The monoisotopic (exact) mass is 510 g/mol. The molecule has 0 unspecified atom stereocenters. The smallest absolute Gasteiger partial charge is 0.550 e. The first-order valence-electron chi connectivity index (χ1n) is 8.79. The van der Waals surface area contributed by atoms with Gasteiger partial charge >= 0.3 is 19.5 Å². The minimum Gasteiger partial charge on any atom is -0.550 e. The number of carboxylic acids is 2. The van der Waals surface area contributed by atoms with Crippen molar-refractivity contribution < 1.29 is 54.2 Å². The molecule has 0 aromatic heterocycles. The van der Waals surface area contributed by atoms with Crippen molar-refractivity contribution in [1.29, 1.82) is 0 Å². The minimum absolute atomic E-state index is 0. The molecule has 0 atom stereocenters. The van der Waals surface area contributed by atoms with Crippen LogP contribution in [0.1, 0.15) is 51.3 Å². The molecule has 2 heterocycles. The summed E-state index contributed by atoms with van der Waals surface area (Å²) in [5, 5.41) is 17.8. The van der Waals surface area contributed by atoms with E-state index < -0.39 is 11.9 Å². The van der Waals surface area contributed by atoms with Gasteiger partial charge in [0.05, 0.1) is 26.3 Å². The zero-order valence-corrected chi connectivity index (χ0v) is 19.3. The van der Waals surface area contributed by atoms with Gasteiger partial charge in [-0.15, -0.1) is 23.8 Å². The third-order valence-corrected chi connectivity index (χ3v) is 3.37. The molecular weight excluding hydrogens is 483 g/mol. The first-order valence-corrected chi connectivity index (χ1v) is 8.79. The van der Waals surface area contributed by atoms with E-state index in [9.17, 15) is 0 Å². The fourth-order valence-corrected chi connectivity index (χ4v) is 2.23. The van der Waals surface area contributed by atoms with Crippen molar-refractivity contribution in [3.8, 4) is 0 Å². The summed E-state index contributed by atoms with van der Waals surface area (Å²) >= 11 is 0. The van der Waals surface area contributed by atoms with Crippen LogP contribution in [0.2, 0.25) is 0 Å². The molecule has 0 bridgehead atoms. The van der Waals surface area contributed by atoms with Crippen molar-refractivity contribution in [3.63, 3.8) is 0 Å². The Kier molecular flexibility index (Phi) is 13.8. The van der Waals surface area contributed by atoms with Gasteiger partial charge in [0.2, 0.25) is 0 Å². The van der Waals surface area contributed by atoms with E-state index in [4.69, 9.17) is 29.3 Å². The second kappa shape index (κ2) is 13.8. The molecular formula is C20H27N2O7Rh. The van der Waals surface area contributed by atoms with Crippen molar-refractivity contribution in [2.45, 2.75) is 40.0 Å².